The van der Waals surface area contributed by atoms with Gasteiger partial charge in [-0.15, -0.1) is 0 Å². The Morgan fingerprint density at radius 3 is 2.19 bits per heavy atom. The predicted octanol–water partition coefficient (Wildman–Crippen LogP) is 0.999. The number of likely N-dealkylation sites (tertiary alicyclic amines) is 1. The van der Waals surface area contributed by atoms with Gasteiger partial charge in [0.25, 0.3) is 0 Å². The molecule has 1 aromatic rings. The molecule has 146 valence electrons. The highest BCUT2D eigenvalue weighted by Crippen LogP contribution is 2.24. The zero-order valence-electron chi connectivity index (χ0n) is 15.8. The van der Waals surface area contributed by atoms with Crippen LogP contribution in [0, 0.1) is 13.8 Å². The van der Waals surface area contributed by atoms with Crippen molar-refractivity contribution in [3.63, 3.8) is 0 Å². The van der Waals surface area contributed by atoms with E-state index in [1.165, 1.54) is 10.7 Å². The molecule has 1 aromatic heterocycles. The molecule has 2 saturated heterocycles. The molecule has 1 amide bonds. The van der Waals surface area contributed by atoms with Crippen LogP contribution in [0.15, 0.2) is 9.42 Å². The van der Waals surface area contributed by atoms with Gasteiger partial charge in [0.1, 0.15) is 10.6 Å². The van der Waals surface area contributed by atoms with Gasteiger partial charge in [0.2, 0.25) is 15.9 Å². The number of piperazine rings is 1. The Morgan fingerprint density at radius 2 is 1.65 bits per heavy atom. The molecule has 0 spiro atoms. The standard InChI is InChI=1S/C17H28N4O4S/c1-13-16(15(3)25-18-13)26(23,24)21-11-9-19(10-12-21)14(2)17(22)20-7-5-4-6-8-20/h14H,4-12H2,1-3H3. The normalized spacial score (nSPS) is 21.7. The first-order chi connectivity index (χ1) is 12.3. The Morgan fingerprint density at radius 1 is 1.04 bits per heavy atom. The Kier molecular flexibility index (Phi) is 5.69. The van der Waals surface area contributed by atoms with E-state index in [1.807, 2.05) is 11.8 Å². The van der Waals surface area contributed by atoms with Crippen LogP contribution in [0.1, 0.15) is 37.6 Å². The predicted molar refractivity (Wildman–Crippen MR) is 96.2 cm³/mol. The van der Waals surface area contributed by atoms with Crippen molar-refractivity contribution in [3.8, 4) is 0 Å². The molecular weight excluding hydrogens is 356 g/mol. The summed E-state index contributed by atoms with van der Waals surface area (Å²) in [6, 6.07) is -0.211. The first-order valence-electron chi connectivity index (χ1n) is 9.28. The number of nitrogens with zero attached hydrogens (tertiary/aromatic N) is 4. The van der Waals surface area contributed by atoms with Crippen molar-refractivity contribution in [1.29, 1.82) is 0 Å². The number of aromatic nitrogens is 1. The largest absolute Gasteiger partial charge is 0.360 e. The number of hydrogen-bond donors (Lipinski definition) is 0. The number of aryl methyl sites for hydroxylation is 2. The molecule has 3 heterocycles. The lowest BCUT2D eigenvalue weighted by Gasteiger charge is -2.39. The Bertz CT molecular complexity index is 727. The van der Waals surface area contributed by atoms with Crippen LogP contribution in [-0.4, -0.2) is 78.9 Å². The molecule has 1 atom stereocenters. The quantitative estimate of drug-likeness (QED) is 0.770. The third-order valence-electron chi connectivity index (χ3n) is 5.41. The smallest absolute Gasteiger partial charge is 0.248 e. The fraction of sp³-hybridized carbons (Fsp3) is 0.765. The number of hydrogen-bond acceptors (Lipinski definition) is 6. The summed E-state index contributed by atoms with van der Waals surface area (Å²) >= 11 is 0. The van der Waals surface area contributed by atoms with E-state index in [2.05, 4.69) is 10.1 Å². The van der Waals surface area contributed by atoms with Crippen molar-refractivity contribution in [2.45, 2.75) is 51.0 Å². The minimum Gasteiger partial charge on any atom is -0.360 e. The van der Waals surface area contributed by atoms with Crippen molar-refractivity contribution in [3.05, 3.63) is 11.5 Å². The minimum atomic E-state index is -3.61. The second-order valence-corrected chi connectivity index (χ2v) is 9.03. The van der Waals surface area contributed by atoms with Gasteiger partial charge in [0, 0.05) is 39.3 Å². The second kappa shape index (κ2) is 7.66. The Labute approximate surface area is 155 Å². The summed E-state index contributed by atoms with van der Waals surface area (Å²) in [5, 5.41) is 3.75. The van der Waals surface area contributed by atoms with E-state index in [0.717, 1.165) is 25.9 Å². The van der Waals surface area contributed by atoms with Gasteiger partial charge in [0.15, 0.2) is 5.76 Å². The van der Waals surface area contributed by atoms with Crippen LogP contribution in [0.3, 0.4) is 0 Å². The number of sulfonamides is 1. The molecule has 0 radical (unpaired) electrons. The van der Waals surface area contributed by atoms with Gasteiger partial charge in [0.05, 0.1) is 6.04 Å². The van der Waals surface area contributed by atoms with Gasteiger partial charge in [-0.2, -0.15) is 4.31 Å². The molecular formula is C17H28N4O4S. The van der Waals surface area contributed by atoms with Crippen molar-refractivity contribution >= 4 is 15.9 Å². The van der Waals surface area contributed by atoms with Crippen molar-refractivity contribution < 1.29 is 17.7 Å². The lowest BCUT2D eigenvalue weighted by molar-refractivity contribution is -0.137. The van der Waals surface area contributed by atoms with Gasteiger partial charge < -0.3 is 9.42 Å². The van der Waals surface area contributed by atoms with Crippen LogP contribution in [0.25, 0.3) is 0 Å². The van der Waals surface area contributed by atoms with Crippen molar-refractivity contribution in [2.75, 3.05) is 39.3 Å². The van der Waals surface area contributed by atoms with E-state index in [4.69, 9.17) is 4.52 Å². The molecule has 0 aliphatic carbocycles. The maximum Gasteiger partial charge on any atom is 0.248 e. The SMILES string of the molecule is Cc1noc(C)c1S(=O)(=O)N1CCN(C(C)C(=O)N2CCCCC2)CC1. The molecule has 0 bridgehead atoms. The first kappa shape index (κ1) is 19.3. The molecule has 2 aliphatic rings. The zero-order valence-corrected chi connectivity index (χ0v) is 16.6. The lowest BCUT2D eigenvalue weighted by atomic mass is 10.1. The second-order valence-electron chi connectivity index (χ2n) is 7.16. The van der Waals surface area contributed by atoms with E-state index in [-0.39, 0.29) is 16.8 Å². The Hall–Kier alpha value is -1.45. The van der Waals surface area contributed by atoms with E-state index in [1.54, 1.807) is 13.8 Å². The number of rotatable bonds is 4. The number of carbonyl (C=O) groups excluding carboxylic acids is 1. The van der Waals surface area contributed by atoms with Gasteiger partial charge >= 0.3 is 0 Å². The average molecular weight is 385 g/mol. The maximum atomic E-state index is 12.9. The summed E-state index contributed by atoms with van der Waals surface area (Å²) in [6.07, 6.45) is 3.33. The monoisotopic (exact) mass is 384 g/mol. The van der Waals surface area contributed by atoms with Crippen LogP contribution in [0.5, 0.6) is 0 Å². The van der Waals surface area contributed by atoms with Gasteiger partial charge in [-0.05, 0) is 40.0 Å². The van der Waals surface area contributed by atoms with Crippen molar-refractivity contribution in [1.82, 2.24) is 19.3 Å². The molecule has 2 aliphatic heterocycles. The van der Waals surface area contributed by atoms with Crippen LogP contribution in [0.4, 0.5) is 0 Å². The minimum absolute atomic E-state index is 0.159. The van der Waals surface area contributed by atoms with E-state index < -0.39 is 10.0 Å². The fourth-order valence-corrected chi connectivity index (χ4v) is 5.55. The number of carbonyl (C=O) groups is 1. The summed E-state index contributed by atoms with van der Waals surface area (Å²) in [4.78, 5) is 16.9. The highest BCUT2D eigenvalue weighted by atomic mass is 32.2. The molecule has 26 heavy (non-hydrogen) atoms. The summed E-state index contributed by atoms with van der Waals surface area (Å²) in [7, 11) is -3.61. The fourth-order valence-electron chi connectivity index (χ4n) is 3.84. The summed E-state index contributed by atoms with van der Waals surface area (Å²) < 4.78 is 32.2. The van der Waals surface area contributed by atoms with Crippen molar-refractivity contribution in [2.24, 2.45) is 0 Å². The average Bonchev–Trinajstić information content (AvgIpc) is 3.00. The van der Waals surface area contributed by atoms with Crippen LogP contribution in [0.2, 0.25) is 0 Å². The maximum absolute atomic E-state index is 12.9. The van der Waals surface area contributed by atoms with Gasteiger partial charge in [-0.3, -0.25) is 9.69 Å². The van der Waals surface area contributed by atoms with Gasteiger partial charge in [-0.25, -0.2) is 8.42 Å². The molecule has 1 unspecified atom stereocenters. The number of amides is 1. The Balaban J connectivity index is 1.62. The molecule has 0 N–H and O–H groups in total. The highest BCUT2D eigenvalue weighted by molar-refractivity contribution is 7.89. The summed E-state index contributed by atoms with van der Waals surface area (Å²) in [5.74, 6) is 0.477. The molecule has 3 rings (SSSR count). The van der Waals surface area contributed by atoms with E-state index >= 15 is 0 Å². The molecule has 8 nitrogen and oxygen atoms in total. The molecule has 2 fully saturated rings. The lowest BCUT2D eigenvalue weighted by Crippen LogP contribution is -2.56. The third kappa shape index (κ3) is 3.65. The van der Waals surface area contributed by atoms with Crippen LogP contribution < -0.4 is 0 Å². The van der Waals surface area contributed by atoms with E-state index in [0.29, 0.717) is 37.6 Å². The van der Waals surface area contributed by atoms with Crippen LogP contribution >= 0.6 is 0 Å². The van der Waals surface area contributed by atoms with Crippen LogP contribution in [-0.2, 0) is 14.8 Å². The van der Waals surface area contributed by atoms with Gasteiger partial charge in [-0.1, -0.05) is 5.16 Å². The number of piperidine rings is 1. The summed E-state index contributed by atoms with van der Waals surface area (Å²) in [5.41, 5.74) is 0.388. The third-order valence-corrected chi connectivity index (χ3v) is 7.56. The molecule has 9 heteroatoms. The summed E-state index contributed by atoms with van der Waals surface area (Å²) in [6.45, 7) is 8.67. The molecule has 0 saturated carbocycles. The highest BCUT2D eigenvalue weighted by Gasteiger charge is 2.36. The first-order valence-corrected chi connectivity index (χ1v) is 10.7. The molecule has 0 aromatic carbocycles. The van der Waals surface area contributed by atoms with E-state index in [9.17, 15) is 13.2 Å². The zero-order chi connectivity index (χ0) is 18.9. The topological polar surface area (TPSA) is 87.0 Å².